The zero-order valence-electron chi connectivity index (χ0n) is 7.64. The zero-order valence-corrected chi connectivity index (χ0v) is 10.0. The number of hydrogen-bond acceptors (Lipinski definition) is 3. The summed E-state index contributed by atoms with van der Waals surface area (Å²) >= 11 is 9.08. The van der Waals surface area contributed by atoms with Crippen molar-refractivity contribution in [3.8, 4) is 0 Å². The van der Waals surface area contributed by atoms with Crippen molar-refractivity contribution in [3.05, 3.63) is 46.3 Å². The van der Waals surface area contributed by atoms with Crippen LogP contribution in [0.1, 0.15) is 9.67 Å². The molecule has 0 aliphatic rings. The largest absolute Gasteiger partial charge is 0.297 e. The van der Waals surface area contributed by atoms with Crippen LogP contribution in [-0.2, 0) is 0 Å². The van der Waals surface area contributed by atoms with Gasteiger partial charge in [0.05, 0.1) is 14.1 Å². The van der Waals surface area contributed by atoms with E-state index in [2.05, 4.69) is 0 Å². The van der Waals surface area contributed by atoms with Crippen molar-refractivity contribution in [2.45, 2.75) is 9.10 Å². The lowest BCUT2D eigenvalue weighted by Crippen LogP contribution is -1.70. The molecule has 0 aliphatic heterocycles. The second-order valence-electron chi connectivity index (χ2n) is 2.81. The fraction of sp³-hybridized carbons (Fsp3) is 0. The zero-order chi connectivity index (χ0) is 10.7. The molecule has 1 aromatic heterocycles. The summed E-state index contributed by atoms with van der Waals surface area (Å²) in [5.74, 6) is 0. The van der Waals surface area contributed by atoms with Gasteiger partial charge in [0.1, 0.15) is 0 Å². The molecule has 0 spiro atoms. The molecule has 0 saturated heterocycles. The molecule has 0 bridgehead atoms. The Balaban J connectivity index is 2.22. The molecule has 0 saturated carbocycles. The molecule has 15 heavy (non-hydrogen) atoms. The highest BCUT2D eigenvalue weighted by Gasteiger charge is 2.04. The summed E-state index contributed by atoms with van der Waals surface area (Å²) in [6.45, 7) is 0. The van der Waals surface area contributed by atoms with Crippen LogP contribution in [0.2, 0.25) is 5.02 Å². The Morgan fingerprint density at radius 2 is 2.00 bits per heavy atom. The molecular formula is C11H7ClOS2. The molecule has 0 radical (unpaired) electrons. The molecule has 0 unspecified atom stereocenters. The summed E-state index contributed by atoms with van der Waals surface area (Å²) in [6, 6.07) is 11.4. The summed E-state index contributed by atoms with van der Waals surface area (Å²) in [7, 11) is 0. The van der Waals surface area contributed by atoms with Gasteiger partial charge in [0.15, 0.2) is 6.29 Å². The van der Waals surface area contributed by atoms with Gasteiger partial charge in [0.25, 0.3) is 0 Å². The Morgan fingerprint density at radius 3 is 2.67 bits per heavy atom. The molecule has 0 atom stereocenters. The number of thiophene rings is 1. The summed E-state index contributed by atoms with van der Waals surface area (Å²) < 4.78 is 1.07. The highest BCUT2D eigenvalue weighted by Crippen LogP contribution is 2.36. The van der Waals surface area contributed by atoms with E-state index in [1.807, 2.05) is 36.4 Å². The molecule has 0 N–H and O–H groups in total. The Morgan fingerprint density at radius 1 is 1.20 bits per heavy atom. The van der Waals surface area contributed by atoms with E-state index < -0.39 is 0 Å². The topological polar surface area (TPSA) is 17.1 Å². The lowest BCUT2D eigenvalue weighted by molar-refractivity contribution is 0.112. The normalized spacial score (nSPS) is 10.2. The van der Waals surface area contributed by atoms with Gasteiger partial charge in [-0.3, -0.25) is 4.79 Å². The van der Waals surface area contributed by atoms with Crippen LogP contribution < -0.4 is 0 Å². The maximum atomic E-state index is 10.5. The maximum absolute atomic E-state index is 10.5. The van der Waals surface area contributed by atoms with Crippen LogP contribution >= 0.6 is 34.7 Å². The van der Waals surface area contributed by atoms with Crippen LogP contribution in [0, 0.1) is 0 Å². The van der Waals surface area contributed by atoms with Gasteiger partial charge in [-0.15, -0.1) is 11.3 Å². The second kappa shape index (κ2) is 4.84. The van der Waals surface area contributed by atoms with Crippen molar-refractivity contribution < 1.29 is 4.79 Å². The van der Waals surface area contributed by atoms with Crippen LogP contribution in [0.5, 0.6) is 0 Å². The van der Waals surface area contributed by atoms with Crippen LogP contribution in [0.25, 0.3) is 0 Å². The first-order chi connectivity index (χ1) is 7.29. The molecule has 2 rings (SSSR count). The molecule has 2 aromatic rings. The first kappa shape index (κ1) is 10.7. The molecule has 4 heteroatoms. The lowest BCUT2D eigenvalue weighted by atomic mass is 10.4. The standard InChI is InChI=1S/C11H7ClOS2/c12-9-3-1-2-4-10(9)15-11-6-5-8(7-13)14-11/h1-7H. The van der Waals surface area contributed by atoms with Gasteiger partial charge in [-0.2, -0.15) is 0 Å². The van der Waals surface area contributed by atoms with E-state index in [1.165, 1.54) is 11.3 Å². The van der Waals surface area contributed by atoms with Gasteiger partial charge in [-0.25, -0.2) is 0 Å². The average Bonchev–Trinajstić information content (AvgIpc) is 2.69. The Hall–Kier alpha value is -0.770. The molecule has 1 aromatic carbocycles. The van der Waals surface area contributed by atoms with Gasteiger partial charge < -0.3 is 0 Å². The number of rotatable bonds is 3. The smallest absolute Gasteiger partial charge is 0.160 e. The summed E-state index contributed by atoms with van der Waals surface area (Å²) in [6.07, 6.45) is 0.862. The van der Waals surface area contributed by atoms with E-state index in [1.54, 1.807) is 11.8 Å². The van der Waals surface area contributed by atoms with Crippen molar-refractivity contribution in [1.29, 1.82) is 0 Å². The summed E-state index contributed by atoms with van der Waals surface area (Å²) in [4.78, 5) is 12.3. The highest BCUT2D eigenvalue weighted by atomic mass is 35.5. The minimum atomic E-state index is 0.739. The van der Waals surface area contributed by atoms with Gasteiger partial charge in [-0.1, -0.05) is 35.5 Å². The average molecular weight is 255 g/mol. The number of benzene rings is 1. The van der Waals surface area contributed by atoms with E-state index in [0.29, 0.717) is 0 Å². The third-order valence-electron chi connectivity index (χ3n) is 1.77. The van der Waals surface area contributed by atoms with Crippen LogP contribution in [0.15, 0.2) is 45.5 Å². The third kappa shape index (κ3) is 2.62. The van der Waals surface area contributed by atoms with Crippen molar-refractivity contribution in [2.75, 3.05) is 0 Å². The van der Waals surface area contributed by atoms with Gasteiger partial charge in [-0.05, 0) is 24.3 Å². The molecule has 76 valence electrons. The van der Waals surface area contributed by atoms with E-state index >= 15 is 0 Å². The van der Waals surface area contributed by atoms with Crippen molar-refractivity contribution in [2.24, 2.45) is 0 Å². The Labute approximate surface area is 101 Å². The predicted octanol–water partition coefficient (Wildman–Crippen LogP) is 4.37. The number of hydrogen-bond donors (Lipinski definition) is 0. The number of halogens is 1. The van der Waals surface area contributed by atoms with E-state index in [0.717, 1.165) is 25.3 Å². The summed E-state index contributed by atoms with van der Waals surface area (Å²) in [5, 5.41) is 0.739. The molecular weight excluding hydrogens is 248 g/mol. The first-order valence-corrected chi connectivity index (χ1v) is 6.28. The van der Waals surface area contributed by atoms with Gasteiger partial charge >= 0.3 is 0 Å². The predicted molar refractivity (Wildman–Crippen MR) is 65.3 cm³/mol. The monoisotopic (exact) mass is 254 g/mol. The van der Waals surface area contributed by atoms with Gasteiger partial charge in [0, 0.05) is 4.90 Å². The lowest BCUT2D eigenvalue weighted by Gasteiger charge is -1.99. The minimum absolute atomic E-state index is 0.739. The van der Waals surface area contributed by atoms with Crippen molar-refractivity contribution in [1.82, 2.24) is 0 Å². The first-order valence-electron chi connectivity index (χ1n) is 4.27. The quantitative estimate of drug-likeness (QED) is 0.757. The van der Waals surface area contributed by atoms with Gasteiger partial charge in [0.2, 0.25) is 0 Å². The fourth-order valence-corrected chi connectivity index (χ4v) is 3.28. The molecule has 0 aliphatic carbocycles. The minimum Gasteiger partial charge on any atom is -0.297 e. The van der Waals surface area contributed by atoms with E-state index in [9.17, 15) is 4.79 Å². The van der Waals surface area contributed by atoms with E-state index in [-0.39, 0.29) is 0 Å². The Kier molecular flexibility index (Phi) is 3.46. The number of carbonyl (C=O) groups excluding carboxylic acids is 1. The third-order valence-corrected chi connectivity index (χ3v) is 4.43. The molecule has 1 heterocycles. The van der Waals surface area contributed by atoms with Crippen LogP contribution in [-0.4, -0.2) is 6.29 Å². The Bertz CT molecular complexity index is 479. The fourth-order valence-electron chi connectivity index (χ4n) is 1.09. The van der Waals surface area contributed by atoms with E-state index in [4.69, 9.17) is 11.6 Å². The number of carbonyl (C=O) groups is 1. The summed E-state index contributed by atoms with van der Waals surface area (Å²) in [5.41, 5.74) is 0. The van der Waals surface area contributed by atoms with Crippen LogP contribution in [0.4, 0.5) is 0 Å². The second-order valence-corrected chi connectivity index (χ2v) is 5.67. The van der Waals surface area contributed by atoms with Crippen LogP contribution in [0.3, 0.4) is 0 Å². The highest BCUT2D eigenvalue weighted by molar-refractivity contribution is 8.01. The van der Waals surface area contributed by atoms with Crippen molar-refractivity contribution in [3.63, 3.8) is 0 Å². The SMILES string of the molecule is O=Cc1ccc(Sc2ccccc2Cl)s1. The molecule has 1 nitrogen and oxygen atoms in total. The number of aldehydes is 1. The maximum Gasteiger partial charge on any atom is 0.160 e. The molecule has 0 amide bonds. The van der Waals surface area contributed by atoms with Crippen molar-refractivity contribution >= 4 is 41.0 Å². The molecule has 0 fully saturated rings.